The molecule has 0 saturated carbocycles. The minimum absolute atomic E-state index is 0.174. The summed E-state index contributed by atoms with van der Waals surface area (Å²) < 4.78 is 14.7. The first-order valence-corrected chi connectivity index (χ1v) is 6.03. The topological polar surface area (TPSA) is 0 Å². The maximum atomic E-state index is 14.1. The first-order valence-electron chi connectivity index (χ1n) is 4.95. The fourth-order valence-electron chi connectivity index (χ4n) is 1.42. The normalized spacial score (nSPS) is 12.1. The average molecular weight is 324 g/mol. The Morgan fingerprint density at radius 2 is 1.19 bits per heavy atom. The third kappa shape index (κ3) is 2.50. The molecule has 0 N–H and O–H groups in total. The zero-order valence-corrected chi connectivity index (χ0v) is 10.7. The molecule has 0 aromatic heterocycles. The van der Waals surface area contributed by atoms with Crippen molar-refractivity contribution < 1.29 is 4.39 Å². The lowest BCUT2D eigenvalue weighted by atomic mass is 10.1. The quantitative estimate of drug-likeness (QED) is 0.543. The summed E-state index contributed by atoms with van der Waals surface area (Å²) >= 11 is 2.04. The van der Waals surface area contributed by atoms with E-state index in [1.165, 1.54) is 0 Å². The van der Waals surface area contributed by atoms with Crippen molar-refractivity contribution in [3.63, 3.8) is 0 Å². The van der Waals surface area contributed by atoms with Crippen molar-refractivity contribution in [2.24, 2.45) is 0 Å². The number of hydrogen-bond acceptors (Lipinski definition) is 0. The third-order valence-corrected chi connectivity index (χ3v) is 3.34. The van der Waals surface area contributed by atoms with Crippen LogP contribution in [0, 0.1) is 0 Å². The maximum Gasteiger partial charge on any atom is 0.144 e. The van der Waals surface area contributed by atoms with Crippen LogP contribution in [0.3, 0.4) is 0 Å². The van der Waals surface area contributed by atoms with Gasteiger partial charge in [0.25, 0.3) is 0 Å². The molecule has 0 spiro atoms. The van der Waals surface area contributed by atoms with Crippen LogP contribution in [0.1, 0.15) is 11.1 Å². The monoisotopic (exact) mass is 324 g/mol. The summed E-state index contributed by atoms with van der Waals surface area (Å²) in [5.74, 6) is -0.174. The fourth-order valence-corrected chi connectivity index (χ4v) is 2.09. The molecule has 0 amide bonds. The van der Waals surface area contributed by atoms with Crippen LogP contribution >= 0.6 is 22.6 Å². The van der Waals surface area contributed by atoms with Gasteiger partial charge >= 0.3 is 0 Å². The zero-order chi connectivity index (χ0) is 11.4. The predicted molar refractivity (Wildman–Crippen MR) is 74.8 cm³/mol. The molecule has 2 rings (SSSR count). The van der Waals surface area contributed by atoms with Crippen molar-refractivity contribution >= 4 is 32.0 Å². The smallest absolute Gasteiger partial charge is 0.144 e. The largest absolute Gasteiger partial charge is 0.205 e. The van der Waals surface area contributed by atoms with Gasteiger partial charge in [0.2, 0.25) is 0 Å². The molecule has 2 aromatic rings. The number of halogens is 2. The van der Waals surface area contributed by atoms with E-state index in [1.807, 2.05) is 71.1 Å². The van der Waals surface area contributed by atoms with Gasteiger partial charge in [0, 0.05) is 5.56 Å². The van der Waals surface area contributed by atoms with Gasteiger partial charge in [-0.25, -0.2) is 4.39 Å². The summed E-state index contributed by atoms with van der Waals surface area (Å²) in [7, 11) is 0. The molecule has 2 aromatic carbocycles. The van der Waals surface area contributed by atoms with Gasteiger partial charge in [0.05, 0.1) is 3.58 Å². The van der Waals surface area contributed by atoms with Crippen LogP contribution in [0.5, 0.6) is 0 Å². The highest BCUT2D eigenvalue weighted by Crippen LogP contribution is 2.32. The highest BCUT2D eigenvalue weighted by atomic mass is 127. The number of benzene rings is 2. The van der Waals surface area contributed by atoms with Gasteiger partial charge in [-0.15, -0.1) is 0 Å². The Hall–Kier alpha value is -1.16. The van der Waals surface area contributed by atoms with Crippen molar-refractivity contribution in [3.05, 3.63) is 71.8 Å². The van der Waals surface area contributed by atoms with E-state index >= 15 is 0 Å². The summed E-state index contributed by atoms with van der Waals surface area (Å²) in [4.78, 5) is 0. The molecule has 0 fully saturated rings. The first-order chi connectivity index (χ1) is 7.79. The van der Waals surface area contributed by atoms with Gasteiger partial charge in [-0.3, -0.25) is 0 Å². The summed E-state index contributed by atoms with van der Waals surface area (Å²) in [6, 6.07) is 18.7. The second-order valence-electron chi connectivity index (χ2n) is 3.36. The first kappa shape index (κ1) is 11.3. The zero-order valence-electron chi connectivity index (χ0n) is 8.53. The van der Waals surface area contributed by atoms with Crippen LogP contribution in [-0.4, -0.2) is 0 Å². The lowest BCUT2D eigenvalue weighted by Gasteiger charge is -2.03. The molecule has 0 saturated heterocycles. The average Bonchev–Trinajstić information content (AvgIpc) is 2.39. The second kappa shape index (κ2) is 5.25. The van der Waals surface area contributed by atoms with Crippen LogP contribution < -0.4 is 0 Å². The van der Waals surface area contributed by atoms with E-state index in [4.69, 9.17) is 0 Å². The molecule has 2 heteroatoms. The Bertz CT molecular complexity index is 441. The Labute approximate surface area is 108 Å². The fraction of sp³-hybridized carbons (Fsp3) is 0. The molecule has 0 unspecified atom stereocenters. The standard InChI is InChI=1S/C14H10FI/c15-13(11-7-3-1-4-8-11)14(16)12-9-5-2-6-10-12/h1-10H/b14-13-. The Balaban J connectivity index is 2.43. The van der Waals surface area contributed by atoms with Crippen molar-refractivity contribution in [1.82, 2.24) is 0 Å². The summed E-state index contributed by atoms with van der Waals surface area (Å²) in [5.41, 5.74) is 1.53. The lowest BCUT2D eigenvalue weighted by molar-refractivity contribution is 0.765. The SMILES string of the molecule is F/C(=C(\I)c1ccccc1)c1ccccc1. The highest BCUT2D eigenvalue weighted by molar-refractivity contribution is 14.1. The van der Waals surface area contributed by atoms with Crippen molar-refractivity contribution in [1.29, 1.82) is 0 Å². The predicted octanol–water partition coefficient (Wildman–Crippen LogP) is 4.92. The van der Waals surface area contributed by atoms with E-state index < -0.39 is 0 Å². The van der Waals surface area contributed by atoms with Gasteiger partial charge in [-0.05, 0) is 28.2 Å². The molecule has 0 radical (unpaired) electrons. The molecule has 0 bridgehead atoms. The van der Waals surface area contributed by atoms with E-state index in [-0.39, 0.29) is 5.83 Å². The lowest BCUT2D eigenvalue weighted by Crippen LogP contribution is -1.81. The number of rotatable bonds is 2. The molecule has 0 nitrogen and oxygen atoms in total. The molecule has 0 aliphatic heterocycles. The summed E-state index contributed by atoms with van der Waals surface area (Å²) in [6.45, 7) is 0. The van der Waals surface area contributed by atoms with Gasteiger partial charge < -0.3 is 0 Å². The Kier molecular flexibility index (Phi) is 3.72. The maximum absolute atomic E-state index is 14.1. The minimum Gasteiger partial charge on any atom is -0.205 e. The molecular formula is C14H10FI. The van der Waals surface area contributed by atoms with Crippen LogP contribution in [-0.2, 0) is 0 Å². The van der Waals surface area contributed by atoms with Crippen molar-refractivity contribution in [2.45, 2.75) is 0 Å². The van der Waals surface area contributed by atoms with E-state index in [9.17, 15) is 4.39 Å². The Morgan fingerprint density at radius 1 is 0.750 bits per heavy atom. The van der Waals surface area contributed by atoms with Gasteiger partial charge in [-0.2, -0.15) is 0 Å². The molecule has 0 aliphatic rings. The summed E-state index contributed by atoms with van der Waals surface area (Å²) in [6.07, 6.45) is 0. The van der Waals surface area contributed by atoms with E-state index in [1.54, 1.807) is 12.1 Å². The molecule has 0 aliphatic carbocycles. The molecule has 0 atom stereocenters. The van der Waals surface area contributed by atoms with Crippen LogP contribution in [0.4, 0.5) is 4.39 Å². The molecule has 16 heavy (non-hydrogen) atoms. The molecule has 80 valence electrons. The molecule has 0 heterocycles. The van der Waals surface area contributed by atoms with Crippen LogP contribution in [0.2, 0.25) is 0 Å². The van der Waals surface area contributed by atoms with E-state index in [2.05, 4.69) is 0 Å². The van der Waals surface area contributed by atoms with E-state index in [0.29, 0.717) is 9.14 Å². The van der Waals surface area contributed by atoms with Crippen molar-refractivity contribution in [2.75, 3.05) is 0 Å². The summed E-state index contributed by atoms with van der Waals surface area (Å²) in [5, 5.41) is 0. The van der Waals surface area contributed by atoms with Gasteiger partial charge in [0.15, 0.2) is 0 Å². The van der Waals surface area contributed by atoms with Crippen LogP contribution in [0.15, 0.2) is 60.7 Å². The van der Waals surface area contributed by atoms with E-state index in [0.717, 1.165) is 5.56 Å². The minimum atomic E-state index is -0.174. The third-order valence-electron chi connectivity index (χ3n) is 2.25. The molecular weight excluding hydrogens is 314 g/mol. The van der Waals surface area contributed by atoms with Gasteiger partial charge in [-0.1, -0.05) is 60.7 Å². The van der Waals surface area contributed by atoms with Gasteiger partial charge in [0.1, 0.15) is 5.83 Å². The Morgan fingerprint density at radius 3 is 1.69 bits per heavy atom. The van der Waals surface area contributed by atoms with Crippen LogP contribution in [0.25, 0.3) is 9.41 Å². The van der Waals surface area contributed by atoms with Crippen molar-refractivity contribution in [3.8, 4) is 0 Å². The second-order valence-corrected chi connectivity index (χ2v) is 4.44. The highest BCUT2D eigenvalue weighted by Gasteiger charge is 2.07. The number of hydrogen-bond donors (Lipinski definition) is 0.